The summed E-state index contributed by atoms with van der Waals surface area (Å²) in [6.45, 7) is 9.02. The van der Waals surface area contributed by atoms with E-state index >= 15 is 0 Å². The highest BCUT2D eigenvalue weighted by molar-refractivity contribution is 5.80. The van der Waals surface area contributed by atoms with Crippen molar-refractivity contribution in [2.24, 2.45) is 11.3 Å². The second kappa shape index (κ2) is 6.08. The number of carboxylic acids is 1. The van der Waals surface area contributed by atoms with E-state index in [9.17, 15) is 14.7 Å². The summed E-state index contributed by atoms with van der Waals surface area (Å²) in [5.41, 5.74) is 0.345. The number of rotatable bonds is 4. The Balaban J connectivity index is 2.62. The summed E-state index contributed by atoms with van der Waals surface area (Å²) in [6.07, 6.45) is 2.46. The molecule has 2 amide bonds. The maximum atomic E-state index is 12.0. The number of nitrogens with one attached hydrogen (secondary N) is 1. The number of hydrogen-bond donors (Lipinski definition) is 2. The molecule has 0 radical (unpaired) electrons. The van der Waals surface area contributed by atoms with Gasteiger partial charge in [-0.2, -0.15) is 0 Å². The topological polar surface area (TPSA) is 69.6 Å². The molecule has 1 rings (SSSR count). The molecule has 5 nitrogen and oxygen atoms in total. The number of carbonyl (C=O) groups excluding carboxylic acids is 1. The van der Waals surface area contributed by atoms with Gasteiger partial charge in [0.1, 0.15) is 0 Å². The molecule has 5 heteroatoms. The highest BCUT2D eigenvalue weighted by Crippen LogP contribution is 2.38. The minimum absolute atomic E-state index is 0.0144. The third-order valence-corrected chi connectivity index (χ3v) is 3.88. The predicted molar refractivity (Wildman–Crippen MR) is 73.9 cm³/mol. The Morgan fingerprint density at radius 3 is 2.47 bits per heavy atom. The van der Waals surface area contributed by atoms with Crippen molar-refractivity contribution in [3.63, 3.8) is 0 Å². The number of carboxylic acid groups (broad SMARTS) is 1. The number of aliphatic carboxylic acids is 1. The first-order valence-electron chi connectivity index (χ1n) is 6.69. The number of urea groups is 1. The summed E-state index contributed by atoms with van der Waals surface area (Å²) in [6, 6.07) is -0.179. The Morgan fingerprint density at radius 2 is 2.05 bits per heavy atom. The Labute approximate surface area is 114 Å². The molecule has 0 aromatic heterocycles. The normalized spacial score (nSPS) is 22.5. The van der Waals surface area contributed by atoms with Crippen LogP contribution in [-0.2, 0) is 4.79 Å². The van der Waals surface area contributed by atoms with Gasteiger partial charge in [-0.15, -0.1) is 0 Å². The molecule has 0 aromatic carbocycles. The summed E-state index contributed by atoms with van der Waals surface area (Å²) in [4.78, 5) is 25.0. The molecular weight excluding hydrogens is 244 g/mol. The molecule has 1 atom stereocenters. The fourth-order valence-electron chi connectivity index (χ4n) is 2.35. The van der Waals surface area contributed by atoms with Gasteiger partial charge in [-0.3, -0.25) is 4.79 Å². The second-order valence-corrected chi connectivity index (χ2v) is 5.76. The van der Waals surface area contributed by atoms with Crippen molar-refractivity contribution in [3.8, 4) is 0 Å². The monoisotopic (exact) mass is 268 g/mol. The molecule has 1 fully saturated rings. The first-order valence-corrected chi connectivity index (χ1v) is 6.69. The molecule has 0 spiro atoms. The van der Waals surface area contributed by atoms with Crippen molar-refractivity contribution in [2.45, 2.75) is 34.1 Å². The van der Waals surface area contributed by atoms with Crippen LogP contribution in [0.25, 0.3) is 0 Å². The molecule has 19 heavy (non-hydrogen) atoms. The maximum Gasteiger partial charge on any atom is 0.317 e. The zero-order valence-electron chi connectivity index (χ0n) is 12.2. The molecule has 108 valence electrons. The Kier molecular flexibility index (Phi) is 4.97. The molecule has 1 saturated heterocycles. The fraction of sp³-hybridized carbons (Fsp3) is 0.714. The van der Waals surface area contributed by atoms with E-state index in [0.717, 1.165) is 5.57 Å². The zero-order valence-corrected chi connectivity index (χ0v) is 12.2. The van der Waals surface area contributed by atoms with Crippen LogP contribution < -0.4 is 5.32 Å². The van der Waals surface area contributed by atoms with Gasteiger partial charge < -0.3 is 15.3 Å². The first kappa shape index (κ1) is 15.5. The van der Waals surface area contributed by atoms with E-state index in [1.54, 1.807) is 4.90 Å². The summed E-state index contributed by atoms with van der Waals surface area (Å²) in [5, 5.41) is 12.2. The zero-order chi connectivity index (χ0) is 14.6. The summed E-state index contributed by atoms with van der Waals surface area (Å²) < 4.78 is 0. The Morgan fingerprint density at radius 1 is 1.42 bits per heavy atom. The predicted octanol–water partition coefficient (Wildman–Crippen LogP) is 2.09. The average molecular weight is 268 g/mol. The lowest BCUT2D eigenvalue weighted by Crippen LogP contribution is -2.43. The van der Waals surface area contributed by atoms with Crippen LogP contribution in [0.2, 0.25) is 0 Å². The van der Waals surface area contributed by atoms with Gasteiger partial charge in [0.15, 0.2) is 0 Å². The van der Waals surface area contributed by atoms with Gasteiger partial charge in [-0.25, -0.2) is 4.79 Å². The summed E-state index contributed by atoms with van der Waals surface area (Å²) >= 11 is 0. The minimum atomic E-state index is -0.804. The number of hydrogen-bond acceptors (Lipinski definition) is 2. The molecule has 1 unspecified atom stereocenters. The van der Waals surface area contributed by atoms with E-state index in [1.807, 2.05) is 33.8 Å². The molecule has 1 aliphatic rings. The van der Waals surface area contributed by atoms with Crippen LogP contribution >= 0.6 is 0 Å². The summed E-state index contributed by atoms with van der Waals surface area (Å²) in [7, 11) is 0. The third kappa shape index (κ3) is 3.49. The average Bonchev–Trinajstić information content (AvgIpc) is 2.74. The van der Waals surface area contributed by atoms with Crippen LogP contribution in [0, 0.1) is 11.3 Å². The van der Waals surface area contributed by atoms with Gasteiger partial charge in [-0.1, -0.05) is 25.5 Å². The van der Waals surface area contributed by atoms with Crippen molar-refractivity contribution < 1.29 is 14.7 Å². The SMILES string of the molecule is CC(C)=CCNC(=O)N1CCC(C(=O)O)(C(C)C)C1. The van der Waals surface area contributed by atoms with E-state index in [4.69, 9.17) is 0 Å². The van der Waals surface area contributed by atoms with Crippen molar-refractivity contribution in [1.29, 1.82) is 0 Å². The lowest BCUT2D eigenvalue weighted by atomic mass is 9.76. The molecule has 1 heterocycles. The lowest BCUT2D eigenvalue weighted by molar-refractivity contribution is -0.150. The van der Waals surface area contributed by atoms with E-state index in [1.165, 1.54) is 0 Å². The molecule has 0 saturated carbocycles. The Bertz CT molecular complexity index is 386. The van der Waals surface area contributed by atoms with Crippen molar-refractivity contribution in [2.75, 3.05) is 19.6 Å². The van der Waals surface area contributed by atoms with Gasteiger partial charge in [0.2, 0.25) is 0 Å². The molecule has 0 bridgehead atoms. The van der Waals surface area contributed by atoms with Gasteiger partial charge in [0, 0.05) is 19.6 Å². The molecule has 2 N–H and O–H groups in total. The number of nitrogens with zero attached hydrogens (tertiary/aromatic N) is 1. The van der Waals surface area contributed by atoms with Crippen LogP contribution in [0.4, 0.5) is 4.79 Å². The highest BCUT2D eigenvalue weighted by atomic mass is 16.4. The Hall–Kier alpha value is -1.52. The van der Waals surface area contributed by atoms with Crippen LogP contribution in [0.15, 0.2) is 11.6 Å². The van der Waals surface area contributed by atoms with E-state index in [2.05, 4.69) is 5.32 Å². The van der Waals surface area contributed by atoms with Gasteiger partial charge >= 0.3 is 12.0 Å². The fourth-order valence-corrected chi connectivity index (χ4v) is 2.35. The largest absolute Gasteiger partial charge is 0.481 e. The second-order valence-electron chi connectivity index (χ2n) is 5.76. The van der Waals surface area contributed by atoms with Crippen LogP contribution in [-0.4, -0.2) is 41.6 Å². The van der Waals surface area contributed by atoms with Crippen molar-refractivity contribution in [3.05, 3.63) is 11.6 Å². The van der Waals surface area contributed by atoms with Crippen molar-refractivity contribution in [1.82, 2.24) is 10.2 Å². The van der Waals surface area contributed by atoms with Crippen LogP contribution in [0.5, 0.6) is 0 Å². The minimum Gasteiger partial charge on any atom is -0.481 e. The third-order valence-electron chi connectivity index (χ3n) is 3.88. The van der Waals surface area contributed by atoms with Gasteiger partial charge in [-0.05, 0) is 26.2 Å². The lowest BCUT2D eigenvalue weighted by Gasteiger charge is -2.28. The summed E-state index contributed by atoms with van der Waals surface area (Å²) in [5.74, 6) is -0.789. The number of likely N-dealkylation sites (tertiary alicyclic amines) is 1. The van der Waals surface area contributed by atoms with E-state index in [-0.39, 0.29) is 11.9 Å². The van der Waals surface area contributed by atoms with E-state index in [0.29, 0.717) is 26.1 Å². The number of amides is 2. The van der Waals surface area contributed by atoms with Crippen molar-refractivity contribution >= 4 is 12.0 Å². The van der Waals surface area contributed by atoms with Gasteiger partial charge in [0.05, 0.1) is 5.41 Å². The quantitative estimate of drug-likeness (QED) is 0.767. The van der Waals surface area contributed by atoms with Gasteiger partial charge in [0.25, 0.3) is 0 Å². The van der Waals surface area contributed by atoms with Crippen LogP contribution in [0.3, 0.4) is 0 Å². The highest BCUT2D eigenvalue weighted by Gasteiger charge is 2.48. The molecular formula is C14H24N2O3. The first-order chi connectivity index (χ1) is 8.79. The molecule has 1 aliphatic heterocycles. The molecule has 0 aliphatic carbocycles. The smallest absolute Gasteiger partial charge is 0.317 e. The maximum absolute atomic E-state index is 12.0. The van der Waals surface area contributed by atoms with Crippen LogP contribution in [0.1, 0.15) is 34.1 Å². The molecule has 0 aromatic rings. The van der Waals surface area contributed by atoms with E-state index < -0.39 is 11.4 Å². The number of allylic oxidation sites excluding steroid dienone is 1. The number of carbonyl (C=O) groups is 2. The standard InChI is InChI=1S/C14H24N2O3/c1-10(2)5-7-15-13(19)16-8-6-14(9-16,11(3)4)12(17)18/h5,11H,6-9H2,1-4H3,(H,15,19)(H,17,18).